The van der Waals surface area contributed by atoms with Crippen LogP contribution in [0.4, 0.5) is 5.13 Å². The van der Waals surface area contributed by atoms with Gasteiger partial charge in [-0.15, -0.1) is 22.7 Å². The van der Waals surface area contributed by atoms with E-state index in [9.17, 15) is 4.79 Å². The molecule has 90 valence electrons. The normalized spacial score (nSPS) is 10.5. The first-order valence-electron chi connectivity index (χ1n) is 5.43. The molecule has 2 aromatic heterocycles. The van der Waals surface area contributed by atoms with Gasteiger partial charge in [-0.25, -0.2) is 4.98 Å². The lowest BCUT2D eigenvalue weighted by Gasteiger charge is -1.96. The first kappa shape index (κ1) is 12.3. The predicted molar refractivity (Wildman–Crippen MR) is 73.8 cm³/mol. The Hall–Kier alpha value is -1.20. The summed E-state index contributed by atoms with van der Waals surface area (Å²) in [6.07, 6.45) is 0.478. The monoisotopic (exact) mass is 266 g/mol. The van der Waals surface area contributed by atoms with Gasteiger partial charge in [-0.05, 0) is 19.9 Å². The van der Waals surface area contributed by atoms with Crippen LogP contribution in [0.5, 0.6) is 0 Å². The molecule has 1 amide bonds. The summed E-state index contributed by atoms with van der Waals surface area (Å²) in [5.74, 6) is 0.00382. The number of hydrogen-bond acceptors (Lipinski definition) is 4. The minimum Gasteiger partial charge on any atom is -0.302 e. The predicted octanol–water partition coefficient (Wildman–Crippen LogP) is 3.84. The van der Waals surface area contributed by atoms with Crippen molar-refractivity contribution < 1.29 is 4.79 Å². The van der Waals surface area contributed by atoms with Crippen LogP contribution in [0.3, 0.4) is 0 Å². The van der Waals surface area contributed by atoms with Crippen LogP contribution >= 0.6 is 22.7 Å². The van der Waals surface area contributed by atoms with E-state index in [0.717, 1.165) is 5.69 Å². The molecule has 3 nitrogen and oxygen atoms in total. The molecular formula is C12H14N2OS2. The number of thiophene rings is 1. The lowest BCUT2D eigenvalue weighted by Crippen LogP contribution is -2.08. The maximum atomic E-state index is 11.3. The van der Waals surface area contributed by atoms with E-state index in [2.05, 4.69) is 30.2 Å². The van der Waals surface area contributed by atoms with Crippen LogP contribution < -0.4 is 5.32 Å². The van der Waals surface area contributed by atoms with Crippen LogP contribution in [-0.2, 0) is 4.79 Å². The molecular weight excluding hydrogens is 252 g/mol. The highest BCUT2D eigenvalue weighted by Crippen LogP contribution is 2.32. The van der Waals surface area contributed by atoms with Gasteiger partial charge in [-0.2, -0.15) is 0 Å². The van der Waals surface area contributed by atoms with Crippen LogP contribution in [0.25, 0.3) is 11.3 Å². The number of aryl methyl sites for hydroxylation is 2. The zero-order chi connectivity index (χ0) is 12.4. The average Bonchev–Trinajstić information content (AvgIpc) is 2.85. The van der Waals surface area contributed by atoms with Crippen LogP contribution in [-0.4, -0.2) is 10.9 Å². The van der Waals surface area contributed by atoms with Crippen molar-refractivity contribution in [3.63, 3.8) is 0 Å². The molecule has 0 saturated carbocycles. The summed E-state index contributed by atoms with van der Waals surface area (Å²) in [5, 5.41) is 5.44. The molecule has 0 aliphatic carbocycles. The number of carbonyl (C=O) groups is 1. The number of hydrogen-bond donors (Lipinski definition) is 1. The SMILES string of the molecule is CCC(=O)Nc1nc(-c2cc(C)sc2C)cs1. The second-order valence-electron chi connectivity index (χ2n) is 3.77. The third-order valence-corrected chi connectivity index (χ3v) is 4.11. The smallest absolute Gasteiger partial charge is 0.225 e. The fourth-order valence-electron chi connectivity index (χ4n) is 1.55. The van der Waals surface area contributed by atoms with Crippen molar-refractivity contribution in [2.75, 3.05) is 5.32 Å². The summed E-state index contributed by atoms with van der Waals surface area (Å²) in [7, 11) is 0. The van der Waals surface area contributed by atoms with Gasteiger partial charge in [0.15, 0.2) is 5.13 Å². The van der Waals surface area contributed by atoms with E-state index in [1.54, 1.807) is 11.3 Å². The summed E-state index contributed by atoms with van der Waals surface area (Å²) < 4.78 is 0. The van der Waals surface area contributed by atoms with Crippen LogP contribution in [0.1, 0.15) is 23.1 Å². The third-order valence-electron chi connectivity index (χ3n) is 2.39. The molecule has 0 radical (unpaired) electrons. The van der Waals surface area contributed by atoms with Gasteiger partial charge < -0.3 is 5.32 Å². The maximum absolute atomic E-state index is 11.3. The molecule has 0 aliphatic rings. The molecule has 0 saturated heterocycles. The largest absolute Gasteiger partial charge is 0.302 e. The first-order valence-corrected chi connectivity index (χ1v) is 7.12. The summed E-state index contributed by atoms with van der Waals surface area (Å²) in [6, 6.07) is 2.14. The molecule has 2 heterocycles. The number of aromatic nitrogens is 1. The van der Waals surface area contributed by atoms with E-state index < -0.39 is 0 Å². The van der Waals surface area contributed by atoms with Gasteiger partial charge in [-0.1, -0.05) is 6.92 Å². The molecule has 0 aliphatic heterocycles. The van der Waals surface area contributed by atoms with Gasteiger partial charge in [0.25, 0.3) is 0 Å². The van der Waals surface area contributed by atoms with Gasteiger partial charge in [0.1, 0.15) is 0 Å². The van der Waals surface area contributed by atoms with E-state index in [0.29, 0.717) is 11.6 Å². The van der Waals surface area contributed by atoms with Crippen LogP contribution in [0.2, 0.25) is 0 Å². The molecule has 0 unspecified atom stereocenters. The molecule has 1 N–H and O–H groups in total. The van der Waals surface area contributed by atoms with Crippen molar-refractivity contribution in [2.24, 2.45) is 0 Å². The lowest BCUT2D eigenvalue weighted by molar-refractivity contribution is -0.115. The Kier molecular flexibility index (Phi) is 3.59. The van der Waals surface area contributed by atoms with E-state index in [1.807, 2.05) is 12.3 Å². The first-order chi connectivity index (χ1) is 8.10. The molecule has 5 heteroatoms. The Balaban J connectivity index is 2.24. The Morgan fingerprint density at radius 1 is 1.47 bits per heavy atom. The Labute approximate surface area is 109 Å². The summed E-state index contributed by atoms with van der Waals surface area (Å²) in [4.78, 5) is 18.2. The topological polar surface area (TPSA) is 42.0 Å². The third kappa shape index (κ3) is 2.73. The Bertz CT molecular complexity index is 542. The lowest BCUT2D eigenvalue weighted by atomic mass is 10.2. The zero-order valence-electron chi connectivity index (χ0n) is 10.0. The van der Waals surface area contributed by atoms with Crippen LogP contribution in [0.15, 0.2) is 11.4 Å². The van der Waals surface area contributed by atoms with E-state index >= 15 is 0 Å². The van der Waals surface area contributed by atoms with Crippen molar-refractivity contribution in [2.45, 2.75) is 27.2 Å². The highest BCUT2D eigenvalue weighted by atomic mass is 32.1. The molecule has 0 spiro atoms. The quantitative estimate of drug-likeness (QED) is 0.917. The molecule has 0 bridgehead atoms. The number of nitrogens with zero attached hydrogens (tertiary/aromatic N) is 1. The minimum absolute atomic E-state index is 0.00382. The molecule has 2 aromatic rings. The minimum atomic E-state index is 0.00382. The summed E-state index contributed by atoms with van der Waals surface area (Å²) >= 11 is 3.24. The standard InChI is InChI=1S/C12H14N2OS2/c1-4-11(15)14-12-13-10(6-16-12)9-5-7(2)17-8(9)3/h5-6H,4H2,1-3H3,(H,13,14,15). The van der Waals surface area contributed by atoms with Gasteiger partial charge >= 0.3 is 0 Å². The van der Waals surface area contributed by atoms with Crippen molar-refractivity contribution in [3.8, 4) is 11.3 Å². The number of amides is 1. The van der Waals surface area contributed by atoms with Crippen molar-refractivity contribution in [1.29, 1.82) is 0 Å². The second kappa shape index (κ2) is 4.98. The van der Waals surface area contributed by atoms with Crippen molar-refractivity contribution in [1.82, 2.24) is 4.98 Å². The van der Waals surface area contributed by atoms with Gasteiger partial charge in [0, 0.05) is 27.1 Å². The maximum Gasteiger partial charge on any atom is 0.225 e. The van der Waals surface area contributed by atoms with E-state index in [-0.39, 0.29) is 5.91 Å². The molecule has 0 fully saturated rings. The number of carbonyl (C=O) groups excluding carboxylic acids is 1. The Morgan fingerprint density at radius 3 is 2.82 bits per heavy atom. The molecule has 2 rings (SSSR count). The number of thiazole rings is 1. The van der Waals surface area contributed by atoms with Gasteiger partial charge in [-0.3, -0.25) is 4.79 Å². The zero-order valence-corrected chi connectivity index (χ0v) is 11.7. The molecule has 17 heavy (non-hydrogen) atoms. The van der Waals surface area contributed by atoms with Crippen molar-refractivity contribution >= 4 is 33.7 Å². The second-order valence-corrected chi connectivity index (χ2v) is 6.09. The molecule has 0 aromatic carbocycles. The van der Waals surface area contributed by atoms with E-state index in [1.165, 1.54) is 26.7 Å². The summed E-state index contributed by atoms with van der Waals surface area (Å²) in [6.45, 7) is 6.01. The highest BCUT2D eigenvalue weighted by Gasteiger charge is 2.10. The van der Waals surface area contributed by atoms with Gasteiger partial charge in [0.05, 0.1) is 5.69 Å². The highest BCUT2D eigenvalue weighted by molar-refractivity contribution is 7.14. The molecule has 0 atom stereocenters. The number of nitrogens with one attached hydrogen (secondary N) is 1. The number of rotatable bonds is 3. The van der Waals surface area contributed by atoms with E-state index in [4.69, 9.17) is 0 Å². The summed E-state index contributed by atoms with van der Waals surface area (Å²) in [5.41, 5.74) is 2.11. The van der Waals surface area contributed by atoms with Crippen molar-refractivity contribution in [3.05, 3.63) is 21.2 Å². The van der Waals surface area contributed by atoms with Crippen LogP contribution in [0, 0.1) is 13.8 Å². The Morgan fingerprint density at radius 2 is 2.24 bits per heavy atom. The number of anilines is 1. The van der Waals surface area contributed by atoms with Gasteiger partial charge in [0.2, 0.25) is 5.91 Å². The fourth-order valence-corrected chi connectivity index (χ4v) is 3.21. The fraction of sp³-hybridized carbons (Fsp3) is 0.333. The average molecular weight is 266 g/mol.